The van der Waals surface area contributed by atoms with Crippen LogP contribution in [-0.4, -0.2) is 138 Å². The second-order valence-corrected chi connectivity index (χ2v) is 29.8. The van der Waals surface area contributed by atoms with Crippen molar-refractivity contribution in [3.05, 3.63) is 216 Å². The van der Waals surface area contributed by atoms with Crippen LogP contribution in [0.5, 0.6) is 23.0 Å². The van der Waals surface area contributed by atoms with Gasteiger partial charge < -0.3 is 39.1 Å². The van der Waals surface area contributed by atoms with Crippen LogP contribution in [0.15, 0.2) is 176 Å². The van der Waals surface area contributed by atoms with Crippen molar-refractivity contribution in [2.24, 2.45) is 0 Å². The number of hydrogen-bond donors (Lipinski definition) is 4. The van der Waals surface area contributed by atoms with E-state index in [0.717, 1.165) is 108 Å². The number of hydrogen-bond acceptors (Lipinski definition) is 20. The van der Waals surface area contributed by atoms with Crippen LogP contribution in [0.4, 0.5) is 0 Å². The maximum Gasteiger partial charge on any atom is 0.323 e. The van der Waals surface area contributed by atoms with Gasteiger partial charge in [-0.1, -0.05) is 192 Å². The summed E-state index contributed by atoms with van der Waals surface area (Å²) in [6.07, 6.45) is 6.59. The summed E-state index contributed by atoms with van der Waals surface area (Å²) in [6.45, 7) is -1.26. The van der Waals surface area contributed by atoms with Gasteiger partial charge in [0.05, 0.1) is 35.3 Å². The number of halogens is 4. The van der Waals surface area contributed by atoms with E-state index in [9.17, 15) is 38.4 Å². The summed E-state index contributed by atoms with van der Waals surface area (Å²) in [6, 6.07) is 46.2. The van der Waals surface area contributed by atoms with Gasteiger partial charge in [0, 0.05) is 25.8 Å². The molecule has 4 aliphatic rings. The van der Waals surface area contributed by atoms with E-state index >= 15 is 0 Å². The SMILES string of the molecule is COc1c(I)cc(I)cc1/C=C1/SC(=S)N(CC(=O)O)C1=O.O=C(O)CN1C(=O)/C(=C\c2ccc(-c3ccc(Cl)cc3Cl)o2)SC1=S.O=C(O)CN1C(=O)/C(=C\c2ccc(OCc3ccccc3)cc2)SC1=S.O=C(O)CN1C(=O)/C(=C\c2ccc(Oc3ccccc3)cc2)SC1=S. The maximum atomic E-state index is 12.3. The lowest BCUT2D eigenvalue weighted by molar-refractivity contribution is -0.140. The van der Waals surface area contributed by atoms with Crippen LogP contribution >= 0.6 is 164 Å². The third-order valence-electron chi connectivity index (χ3n) is 12.9. The Morgan fingerprint density at radius 1 is 0.510 bits per heavy atom. The molecule has 1 aromatic heterocycles. The van der Waals surface area contributed by atoms with Crippen LogP contribution in [0.25, 0.3) is 35.6 Å². The van der Waals surface area contributed by atoms with Crippen LogP contribution in [-0.2, 0) is 45.0 Å². The number of aliphatic carboxylic acids is 4. The van der Waals surface area contributed by atoms with Gasteiger partial charge >= 0.3 is 23.9 Å². The lowest BCUT2D eigenvalue weighted by atomic mass is 10.2. The minimum atomic E-state index is -1.13. The van der Waals surface area contributed by atoms with Gasteiger partial charge in [-0.3, -0.25) is 58.0 Å². The van der Waals surface area contributed by atoms with Crippen LogP contribution in [0.2, 0.25) is 10.0 Å². The first kappa shape index (κ1) is 76.3. The number of amides is 4. The first-order valence-corrected chi connectivity index (χ1v) is 35.6. The van der Waals surface area contributed by atoms with Gasteiger partial charge in [0.2, 0.25) is 0 Å². The second kappa shape index (κ2) is 36.0. The summed E-state index contributed by atoms with van der Waals surface area (Å²) < 4.78 is 25.4. The molecule has 0 bridgehead atoms. The molecule has 0 aliphatic carbocycles. The molecule has 4 aliphatic heterocycles. The number of furan rings is 1. The number of carboxylic acids is 4. The third-order valence-corrected chi connectivity index (χ3v) is 20.4. The van der Waals surface area contributed by atoms with E-state index in [1.807, 2.05) is 109 Å². The molecule has 502 valence electrons. The first-order chi connectivity index (χ1) is 46.7. The monoisotopic (exact) mass is 1730 g/mol. The molecule has 4 N–H and O–H groups in total. The number of para-hydroxylation sites is 1. The molecule has 98 heavy (non-hydrogen) atoms. The number of benzene rings is 6. The van der Waals surface area contributed by atoms with Crippen molar-refractivity contribution in [1.29, 1.82) is 0 Å². The molecule has 11 rings (SSSR count). The molecule has 0 unspecified atom stereocenters. The van der Waals surface area contributed by atoms with Crippen molar-refractivity contribution >= 4 is 253 Å². The number of thioether (sulfide) groups is 4. The van der Waals surface area contributed by atoms with Crippen LogP contribution < -0.4 is 14.2 Å². The number of carbonyl (C=O) groups excluding carboxylic acids is 4. The van der Waals surface area contributed by atoms with Crippen LogP contribution in [0.3, 0.4) is 0 Å². The normalized spacial score (nSPS) is 15.9. The summed E-state index contributed by atoms with van der Waals surface area (Å²) in [7, 11) is 1.57. The Bertz CT molecular complexity index is 4470. The molecular weight excluding hydrogens is 1690 g/mol. The van der Waals surface area contributed by atoms with Gasteiger partial charge in [-0.15, -0.1) is 0 Å². The first-order valence-electron chi connectivity index (χ1n) is 27.8. The average Bonchev–Trinajstić information content (AvgIpc) is 1.64. The largest absolute Gasteiger partial charge is 0.495 e. The Labute approximate surface area is 634 Å². The molecule has 0 atom stereocenters. The van der Waals surface area contributed by atoms with E-state index in [2.05, 4.69) is 45.2 Å². The Kier molecular flexibility index (Phi) is 28.0. The van der Waals surface area contributed by atoms with Crippen molar-refractivity contribution in [3.63, 3.8) is 0 Å². The van der Waals surface area contributed by atoms with Crippen LogP contribution in [0.1, 0.15) is 28.0 Å². The maximum absolute atomic E-state index is 12.3. The molecule has 4 amide bonds. The molecule has 0 spiro atoms. The van der Waals surface area contributed by atoms with E-state index in [0.29, 0.717) is 64.9 Å². The fraction of sp³-hybridized carbons (Fsp3) is 0.0909. The molecule has 0 saturated carbocycles. The van der Waals surface area contributed by atoms with Crippen molar-refractivity contribution in [2.75, 3.05) is 33.3 Å². The predicted octanol–water partition coefficient (Wildman–Crippen LogP) is 15.0. The fourth-order valence-electron chi connectivity index (χ4n) is 8.48. The van der Waals surface area contributed by atoms with Gasteiger partial charge in [-0.05, 0) is 159 Å². The number of nitrogens with zero attached hydrogens (tertiary/aromatic N) is 4. The summed E-state index contributed by atoms with van der Waals surface area (Å²) in [5, 5.41) is 36.3. The zero-order valence-electron chi connectivity index (χ0n) is 50.0. The lowest BCUT2D eigenvalue weighted by Crippen LogP contribution is -2.33. The average molecular weight is 1730 g/mol. The highest BCUT2D eigenvalue weighted by atomic mass is 127. The minimum Gasteiger partial charge on any atom is -0.495 e. The van der Waals surface area contributed by atoms with Crippen molar-refractivity contribution in [3.8, 4) is 34.3 Å². The molecule has 20 nitrogen and oxygen atoms in total. The number of ether oxygens (including phenoxy) is 3. The zero-order chi connectivity index (χ0) is 70.9. The van der Waals surface area contributed by atoms with E-state index in [1.165, 1.54) is 6.08 Å². The third kappa shape index (κ3) is 21.5. The highest BCUT2D eigenvalue weighted by molar-refractivity contribution is 14.1. The predicted molar refractivity (Wildman–Crippen MR) is 413 cm³/mol. The second-order valence-electron chi connectivity index (χ2n) is 19.8. The highest BCUT2D eigenvalue weighted by Gasteiger charge is 2.37. The Hall–Kier alpha value is -7.48. The summed E-state index contributed by atoms with van der Waals surface area (Å²) in [4.78, 5) is 98.0. The molecule has 4 fully saturated rings. The smallest absolute Gasteiger partial charge is 0.323 e. The van der Waals surface area contributed by atoms with E-state index in [4.69, 9.17) is 111 Å². The van der Waals surface area contributed by atoms with Crippen molar-refractivity contribution in [2.45, 2.75) is 6.61 Å². The van der Waals surface area contributed by atoms with Gasteiger partial charge in [0.1, 0.15) is 84.6 Å². The van der Waals surface area contributed by atoms with Crippen molar-refractivity contribution < 1.29 is 77.4 Å². The van der Waals surface area contributed by atoms with Gasteiger partial charge in [-0.2, -0.15) is 0 Å². The highest BCUT2D eigenvalue weighted by Crippen LogP contribution is 2.39. The Balaban J connectivity index is 0.000000167. The summed E-state index contributed by atoms with van der Waals surface area (Å²) in [5.74, 6) is -2.27. The molecule has 32 heteroatoms. The molecule has 6 aromatic carbocycles. The van der Waals surface area contributed by atoms with Crippen LogP contribution in [0, 0.1) is 7.14 Å². The molecule has 4 saturated heterocycles. The van der Waals surface area contributed by atoms with E-state index in [1.54, 1.807) is 67.8 Å². The standard InChI is InChI=1S/C19H15NO4S2.C18H13NO4S2.C16H9Cl2NO4S2.C13H9I2NO4S2/c21-17(22)11-20-18(23)16(26-19(20)25)10-13-6-8-15(9-7-13)24-12-14-4-2-1-3-5-14;20-16(21)11-19-17(22)15(25-18(19)24)10-12-6-8-14(9-7-12)23-13-4-2-1-3-5-13;17-8-1-3-10(11(18)5-8)12-4-2-9(23-12)6-13-15(22)19(7-14(20)21)16(24)25-13;1-20-11-6(2-7(14)4-8(11)15)3-9-12(19)16(5-10(17)18)13(21)22-9/h1-10H,11-12H2,(H,21,22);1-10H,11H2,(H,20,21);1-6H,7H2,(H,20,21);2-4H,5H2,1H3,(H,17,18)/b16-10+;15-10+;13-6+;9-3+. The zero-order valence-corrected chi connectivity index (χ0v) is 62.4. The summed E-state index contributed by atoms with van der Waals surface area (Å²) in [5.41, 5.74) is 4.13. The number of methoxy groups -OCH3 is 1. The van der Waals surface area contributed by atoms with E-state index in [-0.39, 0.29) is 29.1 Å². The number of rotatable bonds is 19. The minimum absolute atomic E-state index is 0.200. The Morgan fingerprint density at radius 3 is 1.37 bits per heavy atom. The molecule has 5 heterocycles. The number of thiocarbonyl (C=S) groups is 4. The Morgan fingerprint density at radius 2 is 0.929 bits per heavy atom. The topological polar surface area (TPSA) is 271 Å². The van der Waals surface area contributed by atoms with Gasteiger partial charge in [0.15, 0.2) is 0 Å². The van der Waals surface area contributed by atoms with Crippen molar-refractivity contribution in [1.82, 2.24) is 19.6 Å². The molecule has 7 aromatic rings. The number of carbonyl (C=O) groups is 8. The molecular formula is C66H46Cl2I2N4O16S8. The summed E-state index contributed by atoms with van der Waals surface area (Å²) >= 11 is 41.0. The number of carboxylic acid groups (broad SMARTS) is 4. The van der Waals surface area contributed by atoms with Gasteiger partial charge in [0.25, 0.3) is 23.6 Å². The fourth-order valence-corrected chi connectivity index (χ4v) is 16.1. The van der Waals surface area contributed by atoms with Gasteiger partial charge in [-0.25, -0.2) is 0 Å². The lowest BCUT2D eigenvalue weighted by Gasteiger charge is -2.10. The van der Waals surface area contributed by atoms with E-state index < -0.39 is 61.9 Å². The molecule has 0 radical (unpaired) electrons. The quantitative estimate of drug-likeness (QED) is 0.0333.